The van der Waals surface area contributed by atoms with Crippen molar-refractivity contribution in [3.05, 3.63) is 46.2 Å². The van der Waals surface area contributed by atoms with Gasteiger partial charge in [0.1, 0.15) is 0 Å². The Morgan fingerprint density at radius 3 is 1.00 bits per heavy atom. The molecule has 9 heteroatoms. The normalized spacial score (nSPS) is 11.6. The van der Waals surface area contributed by atoms with Crippen molar-refractivity contribution < 1.29 is 0 Å². The Morgan fingerprint density at radius 1 is 0.452 bits per heavy atom. The highest BCUT2D eigenvalue weighted by Gasteiger charge is 2.22. The predicted molar refractivity (Wildman–Crippen MR) is 196 cm³/mol. The summed E-state index contributed by atoms with van der Waals surface area (Å²) < 4.78 is 3.41. The molecule has 0 aliphatic heterocycles. The van der Waals surface area contributed by atoms with Gasteiger partial charge < -0.3 is 0 Å². The Kier molecular flexibility index (Phi) is 14.7. The summed E-state index contributed by atoms with van der Waals surface area (Å²) in [4.78, 5) is 19.1. The number of thiophene rings is 3. The Balaban J connectivity index is 1.78. The maximum atomic E-state index is 5.21. The summed E-state index contributed by atoms with van der Waals surface area (Å²) in [5.41, 5.74) is 4.01. The molecule has 0 radical (unpaired) electrons. The molecule has 0 bridgehead atoms. The van der Waals surface area contributed by atoms with Crippen LogP contribution in [0.5, 0.6) is 0 Å². The second-order valence-electron chi connectivity index (χ2n) is 11.0. The van der Waals surface area contributed by atoms with Gasteiger partial charge in [0.2, 0.25) is 0 Å². The average molecular weight is 817 g/mol. The highest BCUT2D eigenvalue weighted by Crippen LogP contribution is 2.41. The quantitative estimate of drug-likeness (QED) is 0.0939. The fraction of sp³-hybridized carbons (Fsp3) is 0.545. The molecule has 42 heavy (non-hydrogen) atoms. The first kappa shape index (κ1) is 34.4. The maximum Gasteiger partial charge on any atom is 0.174 e. The van der Waals surface area contributed by atoms with Crippen LogP contribution < -0.4 is 0 Å². The summed E-state index contributed by atoms with van der Waals surface area (Å²) in [6, 6.07) is 6.82. The zero-order chi connectivity index (χ0) is 29.9. The third-order valence-electron chi connectivity index (χ3n) is 7.48. The Morgan fingerprint density at radius 2 is 0.738 bits per heavy atom. The van der Waals surface area contributed by atoms with Crippen LogP contribution in [0.1, 0.15) is 115 Å². The number of rotatable bonds is 18. The zero-order valence-electron chi connectivity index (χ0n) is 25.0. The predicted octanol–water partition coefficient (Wildman–Crippen LogP) is 13.7. The van der Waals surface area contributed by atoms with Crippen LogP contribution >= 0.6 is 81.8 Å². The van der Waals surface area contributed by atoms with Gasteiger partial charge in [0.25, 0.3) is 0 Å². The number of hydrogen-bond donors (Lipinski definition) is 0. The van der Waals surface area contributed by atoms with E-state index in [0.29, 0.717) is 0 Å². The van der Waals surface area contributed by atoms with E-state index in [4.69, 9.17) is 15.0 Å². The summed E-state index contributed by atoms with van der Waals surface area (Å²) in [6.45, 7) is 6.80. The molecule has 0 amide bonds. The Bertz CT molecular complexity index is 1230. The van der Waals surface area contributed by atoms with E-state index in [1.807, 2.05) is 0 Å². The lowest BCUT2D eigenvalue weighted by Gasteiger charge is -2.10. The molecule has 0 fully saturated rings. The van der Waals surface area contributed by atoms with Gasteiger partial charge in [0, 0.05) is 0 Å². The second-order valence-corrected chi connectivity index (χ2v) is 18.2. The molecule has 0 saturated carbocycles. The van der Waals surface area contributed by atoms with Crippen molar-refractivity contribution in [2.45, 2.75) is 117 Å². The Labute approximate surface area is 289 Å². The van der Waals surface area contributed by atoms with Crippen LogP contribution in [0.2, 0.25) is 0 Å². The van der Waals surface area contributed by atoms with Crippen molar-refractivity contribution in [2.24, 2.45) is 0 Å². The fourth-order valence-electron chi connectivity index (χ4n) is 5.22. The number of unbranched alkanes of at least 4 members (excludes halogenated alkanes) is 9. The summed E-state index contributed by atoms with van der Waals surface area (Å²) in [5.74, 6) is 2.41. The van der Waals surface area contributed by atoms with Crippen molar-refractivity contribution in [3.8, 4) is 32.1 Å². The van der Waals surface area contributed by atoms with E-state index in [1.165, 1.54) is 108 Å². The summed E-state index contributed by atoms with van der Waals surface area (Å²) in [7, 11) is 0. The molecular formula is C33H42Br3N3S3. The van der Waals surface area contributed by atoms with Gasteiger partial charge in [-0.15, -0.1) is 34.0 Å². The minimum absolute atomic E-state index is 0.805. The molecule has 0 aromatic carbocycles. The minimum atomic E-state index is 0.805. The van der Waals surface area contributed by atoms with Gasteiger partial charge in [-0.05, 0) is 121 Å². The van der Waals surface area contributed by atoms with Gasteiger partial charge in [0.05, 0.1) is 26.0 Å². The van der Waals surface area contributed by atoms with E-state index in [-0.39, 0.29) is 0 Å². The lowest BCUT2D eigenvalue weighted by atomic mass is 10.1. The summed E-state index contributed by atoms with van der Waals surface area (Å²) in [6.07, 6.45) is 18.1. The largest absolute Gasteiger partial charge is 0.206 e. The van der Waals surface area contributed by atoms with E-state index in [1.54, 1.807) is 34.0 Å². The molecule has 0 saturated heterocycles. The molecule has 0 atom stereocenters. The maximum absolute atomic E-state index is 5.21. The number of aromatic nitrogens is 3. The first-order valence-corrected chi connectivity index (χ1v) is 20.4. The van der Waals surface area contributed by atoms with Crippen LogP contribution in [0.3, 0.4) is 0 Å². The highest BCUT2D eigenvalue weighted by atomic mass is 79.9. The van der Waals surface area contributed by atoms with Crippen LogP contribution in [0.15, 0.2) is 29.6 Å². The first-order valence-electron chi connectivity index (χ1n) is 15.5. The Hall–Kier alpha value is -0.450. The molecule has 0 spiro atoms. The highest BCUT2D eigenvalue weighted by molar-refractivity contribution is 9.11. The molecular weight excluding hydrogens is 774 g/mol. The van der Waals surface area contributed by atoms with Crippen LogP contribution in [0.25, 0.3) is 32.1 Å². The molecule has 0 N–H and O–H groups in total. The zero-order valence-corrected chi connectivity index (χ0v) is 32.2. The SMILES string of the molecule is CCCCCCc1cc(Br)sc1-c1nc(-c2sc(Br)cc2CCCCCC)nc(-c2sc(Br)cc2CCCCCC)n1. The molecule has 4 aromatic rings. The molecule has 4 aromatic heterocycles. The van der Waals surface area contributed by atoms with Gasteiger partial charge in [-0.2, -0.15) is 0 Å². The van der Waals surface area contributed by atoms with Gasteiger partial charge >= 0.3 is 0 Å². The molecule has 3 nitrogen and oxygen atoms in total. The standard InChI is InChI=1S/C33H42Br3N3S3/c1-4-7-10-13-16-22-19-25(34)40-28(22)31-37-32(29-23(20-26(35)41-29)17-14-11-8-5-2)39-33(38-31)30-24(21-27(36)42-30)18-15-12-9-6-3/h19-21H,4-18H2,1-3H3. The van der Waals surface area contributed by atoms with Crippen molar-refractivity contribution in [1.29, 1.82) is 0 Å². The molecule has 0 aliphatic rings. The number of hydrogen-bond acceptors (Lipinski definition) is 6. The summed E-state index contributed by atoms with van der Waals surface area (Å²) in [5, 5.41) is 0. The van der Waals surface area contributed by atoms with Crippen LogP contribution in [0.4, 0.5) is 0 Å². The second kappa shape index (κ2) is 17.9. The number of halogens is 3. The number of aryl methyl sites for hydroxylation is 3. The topological polar surface area (TPSA) is 38.7 Å². The molecule has 0 unspecified atom stereocenters. The average Bonchev–Trinajstić information content (AvgIpc) is 3.66. The fourth-order valence-corrected chi connectivity index (χ4v) is 10.1. The van der Waals surface area contributed by atoms with Gasteiger partial charge in [-0.25, -0.2) is 15.0 Å². The monoisotopic (exact) mass is 813 g/mol. The van der Waals surface area contributed by atoms with E-state index >= 15 is 0 Å². The van der Waals surface area contributed by atoms with Crippen molar-refractivity contribution in [1.82, 2.24) is 15.0 Å². The minimum Gasteiger partial charge on any atom is -0.206 e. The van der Waals surface area contributed by atoms with E-state index < -0.39 is 0 Å². The van der Waals surface area contributed by atoms with Crippen LogP contribution in [-0.4, -0.2) is 15.0 Å². The first-order chi connectivity index (χ1) is 20.4. The lowest BCUT2D eigenvalue weighted by Crippen LogP contribution is -2.01. The van der Waals surface area contributed by atoms with Gasteiger partial charge in [0.15, 0.2) is 17.5 Å². The molecule has 228 valence electrons. The lowest BCUT2D eigenvalue weighted by molar-refractivity contribution is 0.667. The number of nitrogens with zero attached hydrogens (tertiary/aromatic N) is 3. The summed E-state index contributed by atoms with van der Waals surface area (Å²) >= 11 is 16.6. The van der Waals surface area contributed by atoms with Crippen molar-refractivity contribution in [2.75, 3.05) is 0 Å². The van der Waals surface area contributed by atoms with E-state index in [2.05, 4.69) is 86.8 Å². The van der Waals surface area contributed by atoms with E-state index in [9.17, 15) is 0 Å². The smallest absolute Gasteiger partial charge is 0.174 e. The van der Waals surface area contributed by atoms with Crippen LogP contribution in [-0.2, 0) is 19.3 Å². The third-order valence-corrected chi connectivity index (χ3v) is 12.5. The van der Waals surface area contributed by atoms with Gasteiger partial charge in [-0.3, -0.25) is 0 Å². The molecule has 0 aliphatic carbocycles. The van der Waals surface area contributed by atoms with Crippen molar-refractivity contribution >= 4 is 81.8 Å². The van der Waals surface area contributed by atoms with Crippen molar-refractivity contribution in [3.63, 3.8) is 0 Å². The third kappa shape index (κ3) is 9.77. The van der Waals surface area contributed by atoms with Gasteiger partial charge in [-0.1, -0.05) is 78.6 Å². The van der Waals surface area contributed by atoms with E-state index in [0.717, 1.165) is 48.1 Å². The molecule has 4 rings (SSSR count). The van der Waals surface area contributed by atoms with Crippen LogP contribution in [0, 0.1) is 0 Å². The molecule has 4 heterocycles.